The SMILES string of the molecule is COc1cc(Oc2ccccc2I)c(F)cc1N. The molecular formula is C13H11FINO2. The van der Waals surface area contributed by atoms with Crippen molar-refractivity contribution in [2.75, 3.05) is 12.8 Å². The molecule has 0 unspecified atom stereocenters. The summed E-state index contributed by atoms with van der Waals surface area (Å²) in [5, 5.41) is 0. The maximum absolute atomic E-state index is 13.7. The summed E-state index contributed by atoms with van der Waals surface area (Å²) in [6.07, 6.45) is 0. The third kappa shape index (κ3) is 2.66. The lowest BCUT2D eigenvalue weighted by atomic mass is 10.2. The molecule has 0 heterocycles. The zero-order chi connectivity index (χ0) is 13.1. The third-order valence-corrected chi connectivity index (χ3v) is 3.23. The summed E-state index contributed by atoms with van der Waals surface area (Å²) in [7, 11) is 1.47. The molecule has 0 aliphatic heterocycles. The van der Waals surface area contributed by atoms with Crippen LogP contribution >= 0.6 is 22.6 Å². The number of hydrogen-bond donors (Lipinski definition) is 1. The Balaban J connectivity index is 2.38. The highest BCUT2D eigenvalue weighted by Crippen LogP contribution is 2.34. The van der Waals surface area contributed by atoms with Gasteiger partial charge < -0.3 is 15.2 Å². The number of nitrogens with two attached hydrogens (primary N) is 1. The van der Waals surface area contributed by atoms with Gasteiger partial charge in [0.1, 0.15) is 11.5 Å². The van der Waals surface area contributed by atoms with E-state index < -0.39 is 5.82 Å². The predicted molar refractivity (Wildman–Crippen MR) is 76.6 cm³/mol. The van der Waals surface area contributed by atoms with Crippen LogP contribution in [0.4, 0.5) is 10.1 Å². The van der Waals surface area contributed by atoms with Gasteiger partial charge in [0, 0.05) is 12.1 Å². The Morgan fingerprint density at radius 3 is 2.50 bits per heavy atom. The van der Waals surface area contributed by atoms with Gasteiger partial charge in [-0.1, -0.05) is 12.1 Å². The Morgan fingerprint density at radius 1 is 1.11 bits per heavy atom. The molecule has 0 spiro atoms. The normalized spacial score (nSPS) is 10.2. The first kappa shape index (κ1) is 12.9. The first-order chi connectivity index (χ1) is 8.61. The smallest absolute Gasteiger partial charge is 0.168 e. The highest BCUT2D eigenvalue weighted by Gasteiger charge is 2.11. The van der Waals surface area contributed by atoms with E-state index in [0.29, 0.717) is 11.5 Å². The Labute approximate surface area is 118 Å². The minimum Gasteiger partial charge on any atom is -0.494 e. The van der Waals surface area contributed by atoms with Gasteiger partial charge in [-0.25, -0.2) is 4.39 Å². The molecule has 0 fully saturated rings. The number of halogens is 2. The molecular weight excluding hydrogens is 348 g/mol. The van der Waals surface area contributed by atoms with Crippen LogP contribution in [-0.4, -0.2) is 7.11 Å². The second kappa shape index (κ2) is 5.43. The van der Waals surface area contributed by atoms with Crippen LogP contribution in [0.25, 0.3) is 0 Å². The fourth-order valence-electron chi connectivity index (χ4n) is 1.45. The zero-order valence-electron chi connectivity index (χ0n) is 9.61. The number of hydrogen-bond acceptors (Lipinski definition) is 3. The largest absolute Gasteiger partial charge is 0.494 e. The van der Waals surface area contributed by atoms with E-state index in [2.05, 4.69) is 22.6 Å². The number of rotatable bonds is 3. The lowest BCUT2D eigenvalue weighted by Gasteiger charge is -2.11. The lowest BCUT2D eigenvalue weighted by Crippen LogP contribution is -1.96. The molecule has 0 bridgehead atoms. The first-order valence-corrected chi connectivity index (χ1v) is 6.25. The zero-order valence-corrected chi connectivity index (χ0v) is 11.8. The van der Waals surface area contributed by atoms with Crippen molar-refractivity contribution >= 4 is 28.3 Å². The second-order valence-electron chi connectivity index (χ2n) is 3.56. The van der Waals surface area contributed by atoms with Gasteiger partial charge >= 0.3 is 0 Å². The number of benzene rings is 2. The molecule has 0 aromatic heterocycles. The van der Waals surface area contributed by atoms with E-state index in [9.17, 15) is 4.39 Å². The standard InChI is InChI=1S/C13H11FINO2/c1-17-13-7-12(8(14)6-10(13)16)18-11-5-3-2-4-9(11)15/h2-7H,16H2,1H3. The van der Waals surface area contributed by atoms with Gasteiger partial charge in [-0.2, -0.15) is 0 Å². The van der Waals surface area contributed by atoms with Crippen molar-refractivity contribution in [3.05, 3.63) is 45.8 Å². The molecule has 2 N–H and O–H groups in total. The number of para-hydroxylation sites is 1. The van der Waals surface area contributed by atoms with Gasteiger partial charge in [-0.05, 0) is 34.7 Å². The minimum absolute atomic E-state index is 0.0881. The maximum Gasteiger partial charge on any atom is 0.168 e. The molecule has 3 nitrogen and oxygen atoms in total. The van der Waals surface area contributed by atoms with Crippen LogP contribution in [0.1, 0.15) is 0 Å². The molecule has 2 aromatic rings. The first-order valence-electron chi connectivity index (χ1n) is 5.17. The van der Waals surface area contributed by atoms with E-state index in [1.54, 1.807) is 6.07 Å². The lowest BCUT2D eigenvalue weighted by molar-refractivity contribution is 0.402. The van der Waals surface area contributed by atoms with Gasteiger partial charge in [0.2, 0.25) is 0 Å². The molecule has 5 heteroatoms. The average molecular weight is 359 g/mol. The van der Waals surface area contributed by atoms with Crippen LogP contribution < -0.4 is 15.2 Å². The van der Waals surface area contributed by atoms with Crippen LogP contribution in [0.5, 0.6) is 17.2 Å². The monoisotopic (exact) mass is 359 g/mol. The van der Waals surface area contributed by atoms with Crippen molar-refractivity contribution in [1.82, 2.24) is 0 Å². The Morgan fingerprint density at radius 2 is 1.83 bits per heavy atom. The van der Waals surface area contributed by atoms with Crippen molar-refractivity contribution in [2.24, 2.45) is 0 Å². The summed E-state index contributed by atoms with van der Waals surface area (Å²) < 4.78 is 25.2. The van der Waals surface area contributed by atoms with Gasteiger partial charge in [-0.3, -0.25) is 0 Å². The Bertz CT molecular complexity index is 575. The molecule has 0 saturated heterocycles. The van der Waals surface area contributed by atoms with E-state index in [-0.39, 0.29) is 11.4 Å². The van der Waals surface area contributed by atoms with Crippen molar-refractivity contribution < 1.29 is 13.9 Å². The third-order valence-electron chi connectivity index (χ3n) is 2.34. The molecule has 2 rings (SSSR count). The van der Waals surface area contributed by atoms with Crippen molar-refractivity contribution in [1.29, 1.82) is 0 Å². The molecule has 94 valence electrons. The Kier molecular flexibility index (Phi) is 3.90. The molecule has 0 saturated carbocycles. The molecule has 0 aliphatic carbocycles. The minimum atomic E-state index is -0.520. The maximum atomic E-state index is 13.7. The second-order valence-corrected chi connectivity index (χ2v) is 4.72. The Hall–Kier alpha value is -1.50. The van der Waals surface area contributed by atoms with Crippen LogP contribution in [0, 0.1) is 9.39 Å². The van der Waals surface area contributed by atoms with E-state index in [1.165, 1.54) is 19.2 Å². The molecule has 0 aliphatic rings. The van der Waals surface area contributed by atoms with Crippen LogP contribution in [-0.2, 0) is 0 Å². The van der Waals surface area contributed by atoms with Crippen LogP contribution in [0.15, 0.2) is 36.4 Å². The number of nitrogen functional groups attached to an aromatic ring is 1. The van der Waals surface area contributed by atoms with E-state index >= 15 is 0 Å². The molecule has 2 aromatic carbocycles. The highest BCUT2D eigenvalue weighted by molar-refractivity contribution is 14.1. The molecule has 0 atom stereocenters. The van der Waals surface area contributed by atoms with Crippen LogP contribution in [0.2, 0.25) is 0 Å². The quantitative estimate of drug-likeness (QED) is 0.670. The van der Waals surface area contributed by atoms with Crippen molar-refractivity contribution in [3.8, 4) is 17.2 Å². The van der Waals surface area contributed by atoms with Crippen molar-refractivity contribution in [2.45, 2.75) is 0 Å². The highest BCUT2D eigenvalue weighted by atomic mass is 127. The molecule has 0 radical (unpaired) electrons. The van der Waals surface area contributed by atoms with E-state index in [4.69, 9.17) is 15.2 Å². The fraction of sp³-hybridized carbons (Fsp3) is 0.0769. The van der Waals surface area contributed by atoms with Crippen molar-refractivity contribution in [3.63, 3.8) is 0 Å². The summed E-state index contributed by atoms with van der Waals surface area (Å²) in [5.41, 5.74) is 5.84. The topological polar surface area (TPSA) is 44.5 Å². The van der Waals surface area contributed by atoms with E-state index in [0.717, 1.165) is 3.57 Å². The number of anilines is 1. The van der Waals surface area contributed by atoms with E-state index in [1.807, 2.05) is 18.2 Å². The summed E-state index contributed by atoms with van der Waals surface area (Å²) in [4.78, 5) is 0. The average Bonchev–Trinajstić information content (AvgIpc) is 2.35. The summed E-state index contributed by atoms with van der Waals surface area (Å²) in [5.74, 6) is 0.541. The van der Waals surface area contributed by atoms with Crippen LogP contribution in [0.3, 0.4) is 0 Å². The summed E-state index contributed by atoms with van der Waals surface area (Å²) >= 11 is 2.12. The number of ether oxygens (including phenoxy) is 2. The molecule has 18 heavy (non-hydrogen) atoms. The van der Waals surface area contributed by atoms with Gasteiger partial charge in [-0.15, -0.1) is 0 Å². The van der Waals surface area contributed by atoms with Gasteiger partial charge in [0.15, 0.2) is 11.6 Å². The fourth-order valence-corrected chi connectivity index (χ4v) is 1.95. The predicted octanol–water partition coefficient (Wildman–Crippen LogP) is 3.81. The summed E-state index contributed by atoms with van der Waals surface area (Å²) in [6, 6.07) is 9.97. The molecule has 0 amide bonds. The summed E-state index contributed by atoms with van der Waals surface area (Å²) in [6.45, 7) is 0. The van der Waals surface area contributed by atoms with Gasteiger partial charge in [0.25, 0.3) is 0 Å². The van der Waals surface area contributed by atoms with Gasteiger partial charge in [0.05, 0.1) is 16.4 Å². The number of methoxy groups -OCH3 is 1.